The zero-order valence-corrected chi connectivity index (χ0v) is 18.6. The quantitative estimate of drug-likeness (QED) is 0.560. The zero-order valence-electron chi connectivity index (χ0n) is 17.0. The molecule has 2 aromatic rings. The summed E-state index contributed by atoms with van der Waals surface area (Å²) in [4.78, 5) is 26.5. The molecule has 0 saturated carbocycles. The Kier molecular flexibility index (Phi) is 8.99. The van der Waals surface area contributed by atoms with Crippen LogP contribution in [0.15, 0.2) is 39.9 Å². The molecule has 1 fully saturated rings. The second kappa shape index (κ2) is 11.2. The van der Waals surface area contributed by atoms with Crippen molar-refractivity contribution < 1.29 is 28.2 Å². The lowest BCUT2D eigenvalue weighted by atomic mass is 10.1. The SMILES string of the molecule is NS(=O)(=O)c1cscc1C(=O)NCCCOc1cccc(C(=O)N2CCCCC2)c1.O. The number of nitrogens with two attached hydrogens (primary N) is 1. The summed E-state index contributed by atoms with van der Waals surface area (Å²) in [6, 6.07) is 7.10. The third-order valence-electron chi connectivity index (χ3n) is 4.78. The highest BCUT2D eigenvalue weighted by Gasteiger charge is 2.20. The molecule has 9 nitrogen and oxygen atoms in total. The summed E-state index contributed by atoms with van der Waals surface area (Å²) in [5, 5.41) is 10.6. The van der Waals surface area contributed by atoms with Crippen molar-refractivity contribution >= 4 is 33.2 Å². The van der Waals surface area contributed by atoms with Gasteiger partial charge in [-0.3, -0.25) is 9.59 Å². The third kappa shape index (κ3) is 6.76. The highest BCUT2D eigenvalue weighted by atomic mass is 32.2. The average molecular weight is 470 g/mol. The smallest absolute Gasteiger partial charge is 0.253 e. The number of hydrogen-bond donors (Lipinski definition) is 2. The van der Waals surface area contributed by atoms with Gasteiger partial charge >= 0.3 is 0 Å². The summed E-state index contributed by atoms with van der Waals surface area (Å²) in [6.07, 6.45) is 3.76. The van der Waals surface area contributed by atoms with E-state index in [1.54, 1.807) is 24.3 Å². The molecular weight excluding hydrogens is 442 g/mol. The Balaban J connectivity index is 0.00000341. The van der Waals surface area contributed by atoms with E-state index in [-0.39, 0.29) is 21.8 Å². The van der Waals surface area contributed by atoms with E-state index in [4.69, 9.17) is 9.88 Å². The van der Waals surface area contributed by atoms with Crippen LogP contribution >= 0.6 is 11.3 Å². The van der Waals surface area contributed by atoms with Crippen LogP contribution in [0.5, 0.6) is 5.75 Å². The second-order valence-electron chi connectivity index (χ2n) is 7.03. The van der Waals surface area contributed by atoms with E-state index in [1.165, 1.54) is 17.2 Å². The maximum Gasteiger partial charge on any atom is 0.253 e. The van der Waals surface area contributed by atoms with Crippen LogP contribution in [-0.4, -0.2) is 56.8 Å². The number of hydrogen-bond acceptors (Lipinski definition) is 6. The summed E-state index contributed by atoms with van der Waals surface area (Å²) in [5.41, 5.74) is 0.656. The second-order valence-corrected chi connectivity index (χ2v) is 9.31. The number of primary sulfonamides is 1. The number of piperidine rings is 1. The van der Waals surface area contributed by atoms with Gasteiger partial charge in [-0.05, 0) is 43.9 Å². The van der Waals surface area contributed by atoms with E-state index >= 15 is 0 Å². The number of thiophene rings is 1. The Hall–Kier alpha value is -2.47. The summed E-state index contributed by atoms with van der Waals surface area (Å²) in [5.74, 6) is 0.127. The molecule has 1 saturated heterocycles. The molecule has 2 amide bonds. The molecular formula is C20H27N3O6S2. The maximum absolute atomic E-state index is 12.6. The molecule has 0 atom stereocenters. The fourth-order valence-electron chi connectivity index (χ4n) is 3.23. The number of ether oxygens (including phenoxy) is 1. The van der Waals surface area contributed by atoms with Crippen molar-refractivity contribution in [1.29, 1.82) is 0 Å². The van der Waals surface area contributed by atoms with Crippen LogP contribution in [-0.2, 0) is 10.0 Å². The van der Waals surface area contributed by atoms with Gasteiger partial charge in [-0.2, -0.15) is 11.3 Å². The molecule has 2 heterocycles. The van der Waals surface area contributed by atoms with E-state index in [2.05, 4.69) is 5.32 Å². The fraction of sp³-hybridized carbons (Fsp3) is 0.400. The van der Waals surface area contributed by atoms with Crippen molar-refractivity contribution in [2.24, 2.45) is 5.14 Å². The van der Waals surface area contributed by atoms with E-state index in [0.29, 0.717) is 30.9 Å². The van der Waals surface area contributed by atoms with Crippen molar-refractivity contribution in [2.75, 3.05) is 26.2 Å². The van der Waals surface area contributed by atoms with Crippen LogP contribution in [0.2, 0.25) is 0 Å². The van der Waals surface area contributed by atoms with Gasteiger partial charge in [-0.15, -0.1) is 0 Å². The Morgan fingerprint density at radius 3 is 2.61 bits per heavy atom. The summed E-state index contributed by atoms with van der Waals surface area (Å²) in [7, 11) is -3.93. The van der Waals surface area contributed by atoms with Gasteiger partial charge in [0.25, 0.3) is 11.8 Å². The first kappa shape index (κ1) is 24.8. The van der Waals surface area contributed by atoms with Crippen molar-refractivity contribution in [3.8, 4) is 5.75 Å². The van der Waals surface area contributed by atoms with Crippen LogP contribution in [0, 0.1) is 0 Å². The van der Waals surface area contributed by atoms with Crippen LogP contribution in [0.25, 0.3) is 0 Å². The van der Waals surface area contributed by atoms with Crippen LogP contribution in [0.4, 0.5) is 0 Å². The lowest BCUT2D eigenvalue weighted by Gasteiger charge is -2.26. The Morgan fingerprint density at radius 2 is 1.90 bits per heavy atom. The molecule has 1 aromatic carbocycles. The topological polar surface area (TPSA) is 150 Å². The molecule has 1 aliphatic heterocycles. The Labute approximate surface area is 185 Å². The van der Waals surface area contributed by atoms with Gasteiger partial charge in [0.1, 0.15) is 10.6 Å². The molecule has 0 spiro atoms. The maximum atomic E-state index is 12.6. The third-order valence-corrected chi connectivity index (χ3v) is 6.62. The minimum Gasteiger partial charge on any atom is -0.494 e. The molecule has 11 heteroatoms. The van der Waals surface area contributed by atoms with Gasteiger partial charge in [0.2, 0.25) is 10.0 Å². The first-order chi connectivity index (χ1) is 14.4. The monoisotopic (exact) mass is 469 g/mol. The number of amides is 2. The molecule has 31 heavy (non-hydrogen) atoms. The lowest BCUT2D eigenvalue weighted by molar-refractivity contribution is 0.0723. The van der Waals surface area contributed by atoms with Gasteiger partial charge < -0.3 is 20.4 Å². The number of carbonyl (C=O) groups is 2. The standard InChI is InChI=1S/C20H25N3O5S2.H2O/c21-30(26,27)18-14-29-13-17(18)19(24)22-8-5-11-28-16-7-4-6-15(12-16)20(25)23-9-2-1-3-10-23;/h4,6-7,12-14H,1-3,5,8-11H2,(H,22,24)(H2,21,26,27);1H2. The normalized spacial score (nSPS) is 13.9. The highest BCUT2D eigenvalue weighted by Crippen LogP contribution is 2.20. The van der Waals surface area contributed by atoms with Crippen molar-refractivity contribution in [1.82, 2.24) is 10.2 Å². The van der Waals surface area contributed by atoms with Crippen LogP contribution in [0.1, 0.15) is 46.4 Å². The molecule has 5 N–H and O–H groups in total. The van der Waals surface area contributed by atoms with E-state index in [9.17, 15) is 18.0 Å². The Morgan fingerprint density at radius 1 is 1.16 bits per heavy atom. The average Bonchev–Trinajstić information content (AvgIpc) is 3.24. The number of carbonyl (C=O) groups excluding carboxylic acids is 2. The Bertz CT molecular complexity index is 1000. The van der Waals surface area contributed by atoms with Gasteiger partial charge in [-0.1, -0.05) is 6.07 Å². The summed E-state index contributed by atoms with van der Waals surface area (Å²) >= 11 is 1.10. The zero-order chi connectivity index (χ0) is 21.6. The van der Waals surface area contributed by atoms with Gasteiger partial charge in [0.15, 0.2) is 0 Å². The predicted octanol–water partition coefficient (Wildman–Crippen LogP) is 1.40. The fourth-order valence-corrected chi connectivity index (χ4v) is 5.15. The minimum atomic E-state index is -3.93. The molecule has 170 valence electrons. The lowest BCUT2D eigenvalue weighted by Crippen LogP contribution is -2.35. The van der Waals surface area contributed by atoms with E-state index < -0.39 is 15.9 Å². The van der Waals surface area contributed by atoms with Gasteiger partial charge in [-0.25, -0.2) is 13.6 Å². The molecule has 0 bridgehead atoms. The molecule has 3 rings (SSSR count). The van der Waals surface area contributed by atoms with Crippen molar-refractivity contribution in [2.45, 2.75) is 30.6 Å². The summed E-state index contributed by atoms with van der Waals surface area (Å²) in [6.45, 7) is 2.24. The molecule has 0 unspecified atom stereocenters. The van der Waals surface area contributed by atoms with Crippen LogP contribution in [0.3, 0.4) is 0 Å². The number of rotatable bonds is 8. The highest BCUT2D eigenvalue weighted by molar-refractivity contribution is 7.89. The summed E-state index contributed by atoms with van der Waals surface area (Å²) < 4.78 is 28.7. The van der Waals surface area contributed by atoms with Gasteiger partial charge in [0, 0.05) is 36.0 Å². The molecule has 1 aliphatic rings. The van der Waals surface area contributed by atoms with E-state index in [0.717, 1.165) is 37.3 Å². The minimum absolute atomic E-state index is 0. The molecule has 0 aliphatic carbocycles. The first-order valence-corrected chi connectivity index (χ1v) is 12.2. The first-order valence-electron chi connectivity index (χ1n) is 9.75. The largest absolute Gasteiger partial charge is 0.494 e. The number of likely N-dealkylation sites (tertiary alicyclic amines) is 1. The molecule has 0 radical (unpaired) electrons. The van der Waals surface area contributed by atoms with Crippen LogP contribution < -0.4 is 15.2 Å². The van der Waals surface area contributed by atoms with E-state index in [1.807, 2.05) is 4.90 Å². The molecule has 1 aromatic heterocycles. The van der Waals surface area contributed by atoms with Gasteiger partial charge in [0.05, 0.1) is 12.2 Å². The predicted molar refractivity (Wildman–Crippen MR) is 118 cm³/mol. The number of sulfonamides is 1. The number of nitrogens with one attached hydrogen (secondary N) is 1. The van der Waals surface area contributed by atoms with Crippen molar-refractivity contribution in [3.63, 3.8) is 0 Å². The van der Waals surface area contributed by atoms with Crippen molar-refractivity contribution in [3.05, 3.63) is 46.2 Å². The number of nitrogens with zero attached hydrogens (tertiary/aromatic N) is 1. The number of benzene rings is 1.